The number of anilines is 2. The summed E-state index contributed by atoms with van der Waals surface area (Å²) in [6, 6.07) is 4.81. The number of rotatable bonds is 4. The number of benzene rings is 1. The monoisotopic (exact) mass is 440 g/mol. The van der Waals surface area contributed by atoms with Crippen molar-refractivity contribution in [1.29, 1.82) is 5.26 Å². The third-order valence-electron chi connectivity index (χ3n) is 6.15. The number of halogens is 1. The summed E-state index contributed by atoms with van der Waals surface area (Å²) in [6.45, 7) is 2.73. The predicted molar refractivity (Wildman–Crippen MR) is 113 cm³/mol. The predicted octanol–water partition coefficient (Wildman–Crippen LogP) is 2.81. The van der Waals surface area contributed by atoms with Crippen LogP contribution in [0, 0.1) is 33.2 Å². The Balaban J connectivity index is 1.89. The third kappa shape index (κ3) is 3.57. The standard InChI is InChI=1S/C21H21FN6O4/c1-2-11-5-3-4-8-27(11)21-25-18-17(20(30)26-21)16(14(10-23)19(29)24-18)13-9-12(28(31)32)6-7-15(13)22/h6-7,9,11,14,16H,2-5,8H2,1H3,(H2,24,25,26,29,30). The number of nitrogens with one attached hydrogen (secondary N) is 2. The van der Waals surface area contributed by atoms with E-state index < -0.39 is 39.7 Å². The highest BCUT2D eigenvalue weighted by molar-refractivity contribution is 5.98. The Morgan fingerprint density at radius 1 is 1.38 bits per heavy atom. The number of nitro benzene ring substituents is 1. The first-order chi connectivity index (χ1) is 15.3. The largest absolute Gasteiger partial charge is 0.339 e. The van der Waals surface area contributed by atoms with E-state index in [1.807, 2.05) is 11.8 Å². The van der Waals surface area contributed by atoms with Gasteiger partial charge in [-0.25, -0.2) is 4.39 Å². The molecule has 1 aromatic heterocycles. The van der Waals surface area contributed by atoms with Gasteiger partial charge in [0.15, 0.2) is 0 Å². The SMILES string of the molecule is CCC1CCCCN1c1nc2c(c(=O)[nH]1)C(c1cc([N+](=O)[O-])ccc1F)C(C#N)C(=O)N2. The second-order valence-corrected chi connectivity index (χ2v) is 7.94. The smallest absolute Gasteiger partial charge is 0.269 e. The number of carbonyl (C=O) groups is 1. The topological polar surface area (TPSA) is 145 Å². The zero-order chi connectivity index (χ0) is 23.0. The molecule has 2 aromatic rings. The van der Waals surface area contributed by atoms with Crippen molar-refractivity contribution in [3.05, 3.63) is 55.6 Å². The normalized spacial score (nSPS) is 22.6. The van der Waals surface area contributed by atoms with Crippen molar-refractivity contribution in [2.24, 2.45) is 5.92 Å². The molecule has 0 radical (unpaired) electrons. The summed E-state index contributed by atoms with van der Waals surface area (Å²) in [7, 11) is 0. The number of hydrogen-bond donors (Lipinski definition) is 2. The highest BCUT2D eigenvalue weighted by Gasteiger charge is 2.42. The van der Waals surface area contributed by atoms with Gasteiger partial charge in [-0.3, -0.25) is 24.7 Å². The van der Waals surface area contributed by atoms with Crippen LogP contribution in [0.25, 0.3) is 0 Å². The molecule has 2 N–H and O–H groups in total. The van der Waals surface area contributed by atoms with Crippen molar-refractivity contribution in [3.8, 4) is 6.07 Å². The molecule has 0 bridgehead atoms. The van der Waals surface area contributed by atoms with E-state index in [4.69, 9.17) is 0 Å². The number of carbonyl (C=O) groups excluding carboxylic acids is 1. The van der Waals surface area contributed by atoms with Crippen LogP contribution >= 0.6 is 0 Å². The molecule has 32 heavy (non-hydrogen) atoms. The van der Waals surface area contributed by atoms with Gasteiger partial charge in [-0.2, -0.15) is 10.2 Å². The van der Waals surface area contributed by atoms with Gasteiger partial charge >= 0.3 is 0 Å². The van der Waals surface area contributed by atoms with Gasteiger partial charge in [0.2, 0.25) is 11.9 Å². The summed E-state index contributed by atoms with van der Waals surface area (Å²) >= 11 is 0. The van der Waals surface area contributed by atoms with Gasteiger partial charge < -0.3 is 10.2 Å². The lowest BCUT2D eigenvalue weighted by Gasteiger charge is -2.36. The fraction of sp³-hybridized carbons (Fsp3) is 0.429. The molecule has 11 heteroatoms. The van der Waals surface area contributed by atoms with Crippen LogP contribution in [-0.4, -0.2) is 33.4 Å². The molecule has 1 amide bonds. The number of nitro groups is 1. The number of nitrogens with zero attached hydrogens (tertiary/aromatic N) is 4. The number of aromatic amines is 1. The quantitative estimate of drug-likeness (QED) is 0.549. The number of piperidine rings is 1. The lowest BCUT2D eigenvalue weighted by molar-refractivity contribution is -0.385. The molecule has 0 aliphatic carbocycles. The maximum atomic E-state index is 14.7. The molecule has 4 rings (SSSR count). The molecule has 2 aliphatic rings. The number of hydrogen-bond acceptors (Lipinski definition) is 7. The fourth-order valence-electron chi connectivity index (χ4n) is 4.56. The van der Waals surface area contributed by atoms with Gasteiger partial charge in [-0.1, -0.05) is 6.92 Å². The number of fused-ring (bicyclic) bond motifs is 1. The van der Waals surface area contributed by atoms with E-state index in [2.05, 4.69) is 15.3 Å². The average molecular weight is 440 g/mol. The summed E-state index contributed by atoms with van der Waals surface area (Å²) < 4.78 is 14.7. The van der Waals surface area contributed by atoms with Crippen LogP contribution < -0.4 is 15.8 Å². The van der Waals surface area contributed by atoms with E-state index in [0.717, 1.165) is 43.9 Å². The number of amides is 1. The summed E-state index contributed by atoms with van der Waals surface area (Å²) in [4.78, 5) is 45.5. The molecule has 166 valence electrons. The molecule has 10 nitrogen and oxygen atoms in total. The molecule has 1 fully saturated rings. The first-order valence-electron chi connectivity index (χ1n) is 10.4. The Bertz CT molecular complexity index is 1190. The van der Waals surface area contributed by atoms with E-state index in [-0.39, 0.29) is 23.0 Å². The van der Waals surface area contributed by atoms with Crippen molar-refractivity contribution in [1.82, 2.24) is 9.97 Å². The Morgan fingerprint density at radius 2 is 2.16 bits per heavy atom. The van der Waals surface area contributed by atoms with Crippen molar-refractivity contribution < 1.29 is 14.1 Å². The maximum Gasteiger partial charge on any atom is 0.269 e. The average Bonchev–Trinajstić information content (AvgIpc) is 2.78. The van der Waals surface area contributed by atoms with Gasteiger partial charge in [0.1, 0.15) is 17.6 Å². The summed E-state index contributed by atoms with van der Waals surface area (Å²) in [6.07, 6.45) is 3.80. The molecular formula is C21H21FN6O4. The van der Waals surface area contributed by atoms with E-state index in [1.54, 1.807) is 6.07 Å². The van der Waals surface area contributed by atoms with Crippen LogP contribution in [0.4, 0.5) is 21.8 Å². The Kier molecular flexibility index (Phi) is 5.61. The first kappa shape index (κ1) is 21.4. The van der Waals surface area contributed by atoms with E-state index >= 15 is 0 Å². The molecule has 3 unspecified atom stereocenters. The number of non-ortho nitro benzene ring substituents is 1. The summed E-state index contributed by atoms with van der Waals surface area (Å²) in [5.41, 5.74) is -1.40. The van der Waals surface area contributed by atoms with Crippen molar-refractivity contribution >= 4 is 23.4 Å². The van der Waals surface area contributed by atoms with Gasteiger partial charge in [-0.15, -0.1) is 0 Å². The van der Waals surface area contributed by atoms with Crippen LogP contribution in [0.5, 0.6) is 0 Å². The van der Waals surface area contributed by atoms with Crippen molar-refractivity contribution in [3.63, 3.8) is 0 Å². The van der Waals surface area contributed by atoms with E-state index in [0.29, 0.717) is 12.5 Å². The van der Waals surface area contributed by atoms with Crippen LogP contribution in [0.3, 0.4) is 0 Å². The number of nitriles is 1. The minimum atomic E-state index is -1.45. The molecule has 2 aliphatic heterocycles. The molecule has 1 saturated heterocycles. The second-order valence-electron chi connectivity index (χ2n) is 7.94. The fourth-order valence-corrected chi connectivity index (χ4v) is 4.56. The van der Waals surface area contributed by atoms with Gasteiger partial charge in [0.05, 0.1) is 16.6 Å². The third-order valence-corrected chi connectivity index (χ3v) is 6.15. The van der Waals surface area contributed by atoms with Crippen molar-refractivity contribution in [2.75, 3.05) is 16.8 Å². The van der Waals surface area contributed by atoms with Crippen LogP contribution in [0.2, 0.25) is 0 Å². The molecule has 0 saturated carbocycles. The van der Waals surface area contributed by atoms with Crippen LogP contribution in [0.15, 0.2) is 23.0 Å². The van der Waals surface area contributed by atoms with Crippen LogP contribution in [0.1, 0.15) is 49.7 Å². The first-order valence-corrected chi connectivity index (χ1v) is 10.4. The lowest BCUT2D eigenvalue weighted by Crippen LogP contribution is -2.43. The highest BCUT2D eigenvalue weighted by atomic mass is 19.1. The summed E-state index contributed by atoms with van der Waals surface area (Å²) in [5.74, 6) is -4.15. The summed E-state index contributed by atoms with van der Waals surface area (Å²) in [5, 5.41) is 23.3. The minimum Gasteiger partial charge on any atom is -0.339 e. The molecule has 3 heterocycles. The highest BCUT2D eigenvalue weighted by Crippen LogP contribution is 2.40. The van der Waals surface area contributed by atoms with E-state index in [1.165, 1.54) is 0 Å². The van der Waals surface area contributed by atoms with Gasteiger partial charge in [0.25, 0.3) is 11.2 Å². The zero-order valence-corrected chi connectivity index (χ0v) is 17.3. The Hall–Kier alpha value is -3.81. The lowest BCUT2D eigenvalue weighted by atomic mass is 9.79. The zero-order valence-electron chi connectivity index (χ0n) is 17.3. The molecule has 3 atom stereocenters. The Morgan fingerprint density at radius 3 is 2.84 bits per heavy atom. The van der Waals surface area contributed by atoms with E-state index in [9.17, 15) is 29.4 Å². The molecular weight excluding hydrogens is 419 g/mol. The van der Waals surface area contributed by atoms with Gasteiger partial charge in [-0.05, 0) is 31.7 Å². The molecule has 1 aromatic carbocycles. The van der Waals surface area contributed by atoms with Crippen molar-refractivity contribution in [2.45, 2.75) is 44.6 Å². The minimum absolute atomic E-state index is 0.0587. The second kappa shape index (κ2) is 8.37. The van der Waals surface area contributed by atoms with Crippen LogP contribution in [-0.2, 0) is 4.79 Å². The maximum absolute atomic E-state index is 14.7. The Labute approximate surface area is 182 Å². The van der Waals surface area contributed by atoms with Gasteiger partial charge in [0, 0.05) is 36.2 Å². The number of H-pyrrole nitrogens is 1. The number of aromatic nitrogens is 2. The molecule has 0 spiro atoms.